The fraction of sp³-hybridized carbons (Fsp3) is 0. The molecule has 0 radical (unpaired) electrons. The van der Waals surface area contributed by atoms with E-state index in [4.69, 9.17) is 16.5 Å². The Bertz CT molecular complexity index is 994. The number of halogens is 1. The van der Waals surface area contributed by atoms with Gasteiger partial charge in [-0.2, -0.15) is 0 Å². The van der Waals surface area contributed by atoms with E-state index in [0.717, 1.165) is 38.7 Å². The number of hydrogen-bond donors (Lipinski definition) is 2. The molecule has 0 saturated heterocycles. The molecule has 3 nitrogen and oxygen atoms in total. The predicted octanol–water partition coefficient (Wildman–Crippen LogP) is 4.64. The number of pyridine rings is 1. The summed E-state index contributed by atoms with van der Waals surface area (Å²) in [6.07, 6.45) is 0. The molecule has 0 bridgehead atoms. The second-order valence-corrected chi connectivity index (χ2v) is 5.40. The number of nitrogens with two attached hydrogens (primary N) is 2. The number of nitrogen functional groups attached to an aromatic ring is 2. The number of nitrogens with zero attached hydrogens (tertiary/aromatic N) is 1. The Morgan fingerprint density at radius 1 is 0.652 bits per heavy atom. The number of rotatable bonds is 1. The van der Waals surface area contributed by atoms with Gasteiger partial charge in [-0.15, -0.1) is 12.4 Å². The first-order valence-electron chi connectivity index (χ1n) is 7.16. The molecule has 0 aliphatic heterocycles. The summed E-state index contributed by atoms with van der Waals surface area (Å²) in [6.45, 7) is 0. The van der Waals surface area contributed by atoms with E-state index in [-0.39, 0.29) is 12.4 Å². The average molecular weight is 322 g/mol. The van der Waals surface area contributed by atoms with Crippen LogP contribution in [0.25, 0.3) is 32.9 Å². The van der Waals surface area contributed by atoms with Gasteiger partial charge >= 0.3 is 0 Å². The van der Waals surface area contributed by atoms with E-state index in [1.54, 1.807) is 0 Å². The molecule has 0 unspecified atom stereocenters. The summed E-state index contributed by atoms with van der Waals surface area (Å²) in [5, 5.41) is 2.22. The SMILES string of the molecule is Cl.Nc1ccc(-c2c3ccccc3nc3cc(N)ccc23)cc1. The van der Waals surface area contributed by atoms with Gasteiger partial charge in [-0.25, -0.2) is 4.98 Å². The summed E-state index contributed by atoms with van der Waals surface area (Å²) in [5.41, 5.74) is 17.4. The first-order chi connectivity index (χ1) is 10.7. The molecule has 0 aliphatic carbocycles. The molecule has 4 rings (SSSR count). The quantitative estimate of drug-likeness (QED) is 0.396. The third-order valence-corrected chi connectivity index (χ3v) is 3.90. The lowest BCUT2D eigenvalue weighted by molar-refractivity contribution is 1.49. The molecule has 0 saturated carbocycles. The Morgan fingerprint density at radius 2 is 1.30 bits per heavy atom. The van der Waals surface area contributed by atoms with Crippen molar-refractivity contribution in [2.24, 2.45) is 0 Å². The lowest BCUT2D eigenvalue weighted by Crippen LogP contribution is -1.92. The molecule has 0 spiro atoms. The van der Waals surface area contributed by atoms with Crippen molar-refractivity contribution in [3.63, 3.8) is 0 Å². The first kappa shape index (κ1) is 15.1. The number of benzene rings is 3. The zero-order valence-electron chi connectivity index (χ0n) is 12.4. The lowest BCUT2D eigenvalue weighted by atomic mass is 9.96. The Labute approximate surface area is 140 Å². The van der Waals surface area contributed by atoms with Crippen LogP contribution in [-0.2, 0) is 0 Å². The van der Waals surface area contributed by atoms with Gasteiger partial charge in [-0.1, -0.05) is 36.4 Å². The van der Waals surface area contributed by atoms with Gasteiger partial charge in [0, 0.05) is 27.7 Å². The zero-order valence-corrected chi connectivity index (χ0v) is 13.2. The van der Waals surface area contributed by atoms with E-state index in [0.29, 0.717) is 0 Å². The maximum absolute atomic E-state index is 5.92. The average Bonchev–Trinajstić information content (AvgIpc) is 2.53. The maximum Gasteiger partial charge on any atom is 0.0736 e. The van der Waals surface area contributed by atoms with Crippen LogP contribution in [0.1, 0.15) is 0 Å². The number of anilines is 2. The largest absolute Gasteiger partial charge is 0.399 e. The van der Waals surface area contributed by atoms with E-state index in [1.807, 2.05) is 60.7 Å². The number of para-hydroxylation sites is 1. The van der Waals surface area contributed by atoms with Crippen molar-refractivity contribution in [3.05, 3.63) is 66.7 Å². The van der Waals surface area contributed by atoms with Crippen LogP contribution < -0.4 is 11.5 Å². The second-order valence-electron chi connectivity index (χ2n) is 5.40. The highest BCUT2D eigenvalue weighted by atomic mass is 35.5. The van der Waals surface area contributed by atoms with Crippen LogP contribution in [0.2, 0.25) is 0 Å². The monoisotopic (exact) mass is 321 g/mol. The van der Waals surface area contributed by atoms with Gasteiger partial charge in [-0.3, -0.25) is 0 Å². The van der Waals surface area contributed by atoms with Gasteiger partial charge in [0.05, 0.1) is 11.0 Å². The van der Waals surface area contributed by atoms with Crippen LogP contribution in [0.5, 0.6) is 0 Å². The molecule has 4 N–H and O–H groups in total. The normalized spacial score (nSPS) is 10.6. The lowest BCUT2D eigenvalue weighted by Gasteiger charge is -2.12. The molecule has 1 aromatic heterocycles. The summed E-state index contributed by atoms with van der Waals surface area (Å²) in [5.74, 6) is 0. The van der Waals surface area contributed by atoms with Crippen LogP contribution in [-0.4, -0.2) is 4.98 Å². The first-order valence-corrected chi connectivity index (χ1v) is 7.16. The Morgan fingerprint density at radius 3 is 2.09 bits per heavy atom. The zero-order chi connectivity index (χ0) is 15.1. The molecular formula is C19H16ClN3. The van der Waals surface area contributed by atoms with Crippen molar-refractivity contribution in [3.8, 4) is 11.1 Å². The molecule has 0 fully saturated rings. The fourth-order valence-electron chi connectivity index (χ4n) is 2.87. The topological polar surface area (TPSA) is 64.9 Å². The van der Waals surface area contributed by atoms with Gasteiger partial charge < -0.3 is 11.5 Å². The number of fused-ring (bicyclic) bond motifs is 2. The van der Waals surface area contributed by atoms with Crippen molar-refractivity contribution < 1.29 is 0 Å². The van der Waals surface area contributed by atoms with E-state index in [2.05, 4.69) is 6.07 Å². The molecular weight excluding hydrogens is 306 g/mol. The molecule has 114 valence electrons. The van der Waals surface area contributed by atoms with Crippen molar-refractivity contribution in [2.45, 2.75) is 0 Å². The van der Waals surface area contributed by atoms with Crippen LogP contribution in [0.15, 0.2) is 66.7 Å². The van der Waals surface area contributed by atoms with Crippen molar-refractivity contribution in [1.82, 2.24) is 4.98 Å². The van der Waals surface area contributed by atoms with Crippen LogP contribution in [0.3, 0.4) is 0 Å². The summed E-state index contributed by atoms with van der Waals surface area (Å²) >= 11 is 0. The fourth-order valence-corrected chi connectivity index (χ4v) is 2.87. The Balaban J connectivity index is 0.00000156. The minimum atomic E-state index is 0. The summed E-state index contributed by atoms with van der Waals surface area (Å²) in [4.78, 5) is 4.74. The highest BCUT2D eigenvalue weighted by molar-refractivity contribution is 6.09. The van der Waals surface area contributed by atoms with Crippen LogP contribution >= 0.6 is 12.4 Å². The summed E-state index contributed by atoms with van der Waals surface area (Å²) in [7, 11) is 0. The standard InChI is InChI=1S/C19H15N3.ClH/c20-13-7-5-12(6-8-13)19-15-3-1-2-4-17(15)22-18-11-14(21)9-10-16(18)19;/h1-11H,20-21H2;1H. The van der Waals surface area contributed by atoms with Crippen LogP contribution in [0.4, 0.5) is 11.4 Å². The van der Waals surface area contributed by atoms with Gasteiger partial charge in [0.1, 0.15) is 0 Å². The van der Waals surface area contributed by atoms with Gasteiger partial charge in [0.25, 0.3) is 0 Å². The molecule has 0 aliphatic rings. The van der Waals surface area contributed by atoms with E-state index in [1.165, 1.54) is 5.56 Å². The predicted molar refractivity (Wildman–Crippen MR) is 101 cm³/mol. The van der Waals surface area contributed by atoms with E-state index < -0.39 is 0 Å². The van der Waals surface area contributed by atoms with Crippen LogP contribution in [0, 0.1) is 0 Å². The minimum absolute atomic E-state index is 0. The Hall–Kier alpha value is -2.78. The number of hydrogen-bond acceptors (Lipinski definition) is 3. The molecule has 1 heterocycles. The summed E-state index contributed by atoms with van der Waals surface area (Å²) < 4.78 is 0. The van der Waals surface area contributed by atoms with E-state index >= 15 is 0 Å². The van der Waals surface area contributed by atoms with Crippen molar-refractivity contribution >= 4 is 45.6 Å². The highest BCUT2D eigenvalue weighted by Crippen LogP contribution is 2.35. The third kappa shape index (κ3) is 2.56. The molecule has 23 heavy (non-hydrogen) atoms. The van der Waals surface area contributed by atoms with E-state index in [9.17, 15) is 0 Å². The minimum Gasteiger partial charge on any atom is -0.399 e. The number of aromatic nitrogens is 1. The van der Waals surface area contributed by atoms with Gasteiger partial charge in [0.15, 0.2) is 0 Å². The highest BCUT2D eigenvalue weighted by Gasteiger charge is 2.11. The Kier molecular flexibility index (Phi) is 3.80. The molecule has 4 aromatic rings. The molecule has 0 atom stereocenters. The van der Waals surface area contributed by atoms with Gasteiger partial charge in [-0.05, 0) is 35.9 Å². The second kappa shape index (κ2) is 5.78. The van der Waals surface area contributed by atoms with Crippen molar-refractivity contribution in [2.75, 3.05) is 11.5 Å². The maximum atomic E-state index is 5.92. The molecule has 4 heteroatoms. The van der Waals surface area contributed by atoms with Crippen molar-refractivity contribution in [1.29, 1.82) is 0 Å². The smallest absolute Gasteiger partial charge is 0.0736 e. The molecule has 0 amide bonds. The summed E-state index contributed by atoms with van der Waals surface area (Å²) in [6, 6.07) is 22.0. The third-order valence-electron chi connectivity index (χ3n) is 3.90. The van der Waals surface area contributed by atoms with Gasteiger partial charge in [0.2, 0.25) is 0 Å². The molecule has 3 aromatic carbocycles.